The minimum atomic E-state index is -0.384. The van der Waals surface area contributed by atoms with Gasteiger partial charge in [-0.2, -0.15) is 0 Å². The van der Waals surface area contributed by atoms with E-state index in [-0.39, 0.29) is 24.7 Å². The van der Waals surface area contributed by atoms with Crippen LogP contribution in [0.1, 0.15) is 71.1 Å². The molecule has 1 amide bonds. The summed E-state index contributed by atoms with van der Waals surface area (Å²) in [6, 6.07) is 0.304. The number of aliphatic hydroxyl groups is 1. The molecular weight excluding hydrogens is 330 g/mol. The molecule has 3 aliphatic rings. The zero-order valence-electron chi connectivity index (χ0n) is 16.1. The molecule has 0 saturated heterocycles. The number of carbonyl (C=O) groups is 1. The van der Waals surface area contributed by atoms with Crippen LogP contribution >= 0.6 is 0 Å². The Morgan fingerprint density at radius 2 is 2.00 bits per heavy atom. The normalized spacial score (nSPS) is 30.2. The Kier molecular flexibility index (Phi) is 7.38. The molecule has 0 bridgehead atoms. The second kappa shape index (κ2) is 9.75. The second-order valence-corrected chi connectivity index (χ2v) is 8.08. The molecule has 0 aromatic rings. The SMILES string of the molecule is CCO[C@H]1OC(C(=O)NC2CCC2)=C[C@@H](C2CCCCC2)[C@H]1CCCO. The van der Waals surface area contributed by atoms with E-state index in [1.807, 2.05) is 6.92 Å². The third kappa shape index (κ3) is 4.80. The summed E-state index contributed by atoms with van der Waals surface area (Å²) in [6.45, 7) is 2.72. The highest BCUT2D eigenvalue weighted by molar-refractivity contribution is 5.91. The van der Waals surface area contributed by atoms with Crippen molar-refractivity contribution in [1.82, 2.24) is 5.32 Å². The van der Waals surface area contributed by atoms with Gasteiger partial charge in [0.1, 0.15) is 0 Å². The lowest BCUT2D eigenvalue weighted by Crippen LogP contribution is -2.45. The molecule has 1 aliphatic heterocycles. The van der Waals surface area contributed by atoms with E-state index < -0.39 is 0 Å². The third-order valence-corrected chi connectivity index (χ3v) is 6.32. The average molecular weight is 366 g/mol. The van der Waals surface area contributed by atoms with Crippen LogP contribution in [-0.2, 0) is 14.3 Å². The van der Waals surface area contributed by atoms with Gasteiger partial charge in [-0.1, -0.05) is 19.3 Å². The van der Waals surface area contributed by atoms with Crippen LogP contribution < -0.4 is 5.32 Å². The molecule has 148 valence electrons. The summed E-state index contributed by atoms with van der Waals surface area (Å²) in [4.78, 5) is 12.7. The summed E-state index contributed by atoms with van der Waals surface area (Å²) in [5, 5.41) is 12.4. The van der Waals surface area contributed by atoms with E-state index >= 15 is 0 Å². The van der Waals surface area contributed by atoms with E-state index in [0.717, 1.165) is 25.7 Å². The van der Waals surface area contributed by atoms with E-state index in [4.69, 9.17) is 9.47 Å². The van der Waals surface area contributed by atoms with Gasteiger partial charge in [-0.05, 0) is 69.8 Å². The number of hydrogen-bond donors (Lipinski definition) is 2. The van der Waals surface area contributed by atoms with Gasteiger partial charge in [-0.3, -0.25) is 4.79 Å². The van der Waals surface area contributed by atoms with Crippen molar-refractivity contribution in [3.8, 4) is 0 Å². The quantitative estimate of drug-likeness (QED) is 0.691. The Morgan fingerprint density at radius 1 is 1.23 bits per heavy atom. The molecule has 2 saturated carbocycles. The maximum Gasteiger partial charge on any atom is 0.286 e. The molecule has 0 aromatic heterocycles. The van der Waals surface area contributed by atoms with Crippen LogP contribution in [0.15, 0.2) is 11.8 Å². The first-order valence-electron chi connectivity index (χ1n) is 10.6. The van der Waals surface area contributed by atoms with Crippen molar-refractivity contribution < 1.29 is 19.4 Å². The van der Waals surface area contributed by atoms with Crippen molar-refractivity contribution in [2.24, 2.45) is 17.8 Å². The lowest BCUT2D eigenvalue weighted by molar-refractivity contribution is -0.177. The Labute approximate surface area is 157 Å². The zero-order chi connectivity index (χ0) is 18.4. The first kappa shape index (κ1) is 19.7. The van der Waals surface area contributed by atoms with Crippen LogP contribution in [0.4, 0.5) is 0 Å². The van der Waals surface area contributed by atoms with Crippen molar-refractivity contribution in [1.29, 1.82) is 0 Å². The number of ether oxygens (including phenoxy) is 2. The number of aliphatic hydroxyl groups excluding tert-OH is 1. The van der Waals surface area contributed by atoms with Crippen molar-refractivity contribution >= 4 is 5.91 Å². The summed E-state index contributed by atoms with van der Waals surface area (Å²) in [6.07, 6.45) is 12.9. The lowest BCUT2D eigenvalue weighted by atomic mass is 9.71. The van der Waals surface area contributed by atoms with Crippen molar-refractivity contribution in [2.75, 3.05) is 13.2 Å². The van der Waals surface area contributed by atoms with Crippen LogP contribution in [0.25, 0.3) is 0 Å². The standard InChI is InChI=1S/C21H35NO4/c1-2-25-21-17(12-7-13-23)18(15-8-4-3-5-9-15)14-19(26-21)20(24)22-16-10-6-11-16/h14-18,21,23H,2-13H2,1H3,(H,22,24)/t17-,18+,21+/m1/s1. The van der Waals surface area contributed by atoms with Gasteiger partial charge in [0.2, 0.25) is 6.29 Å². The van der Waals surface area contributed by atoms with E-state index in [1.165, 1.54) is 38.5 Å². The molecule has 0 unspecified atom stereocenters. The van der Waals surface area contributed by atoms with Gasteiger partial charge < -0.3 is 19.9 Å². The monoisotopic (exact) mass is 365 g/mol. The molecule has 2 fully saturated rings. The molecule has 3 atom stereocenters. The predicted octanol–water partition coefficient (Wildman–Crippen LogP) is 3.52. The van der Waals surface area contributed by atoms with Crippen LogP contribution in [-0.4, -0.2) is 36.6 Å². The summed E-state index contributed by atoms with van der Waals surface area (Å²) in [5.41, 5.74) is 0. The molecule has 0 spiro atoms. The molecule has 1 heterocycles. The van der Waals surface area contributed by atoms with Crippen LogP contribution in [0, 0.1) is 17.8 Å². The second-order valence-electron chi connectivity index (χ2n) is 8.08. The molecule has 0 radical (unpaired) electrons. The number of rotatable bonds is 8. The highest BCUT2D eigenvalue weighted by atomic mass is 16.7. The number of allylic oxidation sites excluding steroid dienone is 1. The van der Waals surface area contributed by atoms with Gasteiger partial charge in [0, 0.05) is 25.2 Å². The minimum absolute atomic E-state index is 0.0826. The molecule has 2 N–H and O–H groups in total. The highest BCUT2D eigenvalue weighted by Crippen LogP contribution is 2.42. The van der Waals surface area contributed by atoms with E-state index in [2.05, 4.69) is 11.4 Å². The maximum absolute atomic E-state index is 12.7. The van der Waals surface area contributed by atoms with Gasteiger partial charge in [0.25, 0.3) is 5.91 Å². The van der Waals surface area contributed by atoms with Crippen LogP contribution in [0.3, 0.4) is 0 Å². The number of carbonyl (C=O) groups excluding carboxylic acids is 1. The Bertz CT molecular complexity index is 482. The Balaban J connectivity index is 1.78. The van der Waals surface area contributed by atoms with E-state index in [9.17, 15) is 9.90 Å². The van der Waals surface area contributed by atoms with E-state index in [0.29, 0.717) is 30.2 Å². The highest BCUT2D eigenvalue weighted by Gasteiger charge is 2.41. The Morgan fingerprint density at radius 3 is 2.62 bits per heavy atom. The minimum Gasteiger partial charge on any atom is -0.459 e. The smallest absolute Gasteiger partial charge is 0.286 e. The molecule has 0 aromatic carbocycles. The number of nitrogens with one attached hydrogen (secondary N) is 1. The topological polar surface area (TPSA) is 67.8 Å². The number of amides is 1. The lowest BCUT2D eigenvalue weighted by Gasteiger charge is -2.41. The van der Waals surface area contributed by atoms with Gasteiger partial charge >= 0.3 is 0 Å². The summed E-state index contributed by atoms with van der Waals surface area (Å²) >= 11 is 0. The van der Waals surface area contributed by atoms with Crippen molar-refractivity contribution in [2.45, 2.75) is 83.5 Å². The van der Waals surface area contributed by atoms with Gasteiger partial charge in [0.05, 0.1) is 0 Å². The first-order valence-corrected chi connectivity index (χ1v) is 10.6. The molecular formula is C21H35NO4. The van der Waals surface area contributed by atoms with Gasteiger partial charge in [-0.25, -0.2) is 0 Å². The average Bonchev–Trinajstić information content (AvgIpc) is 2.64. The molecule has 2 aliphatic carbocycles. The fourth-order valence-corrected chi connectivity index (χ4v) is 4.65. The largest absolute Gasteiger partial charge is 0.459 e. The van der Waals surface area contributed by atoms with Gasteiger partial charge in [-0.15, -0.1) is 0 Å². The predicted molar refractivity (Wildman–Crippen MR) is 100 cm³/mol. The summed E-state index contributed by atoms with van der Waals surface area (Å²) in [7, 11) is 0. The Hall–Kier alpha value is -1.07. The van der Waals surface area contributed by atoms with Gasteiger partial charge in [0.15, 0.2) is 5.76 Å². The third-order valence-electron chi connectivity index (χ3n) is 6.32. The van der Waals surface area contributed by atoms with Crippen LogP contribution in [0.2, 0.25) is 0 Å². The fourth-order valence-electron chi connectivity index (χ4n) is 4.65. The summed E-state index contributed by atoms with van der Waals surface area (Å²) in [5.74, 6) is 1.47. The molecule has 3 rings (SSSR count). The fraction of sp³-hybridized carbons (Fsp3) is 0.857. The number of hydrogen-bond acceptors (Lipinski definition) is 4. The molecule has 5 nitrogen and oxygen atoms in total. The molecule has 26 heavy (non-hydrogen) atoms. The molecule has 5 heteroatoms. The summed E-state index contributed by atoms with van der Waals surface area (Å²) < 4.78 is 11.9. The van der Waals surface area contributed by atoms with E-state index in [1.54, 1.807) is 0 Å². The van der Waals surface area contributed by atoms with Crippen molar-refractivity contribution in [3.05, 3.63) is 11.8 Å². The zero-order valence-corrected chi connectivity index (χ0v) is 16.1. The maximum atomic E-state index is 12.7. The first-order chi connectivity index (χ1) is 12.7. The van der Waals surface area contributed by atoms with Crippen molar-refractivity contribution in [3.63, 3.8) is 0 Å². The van der Waals surface area contributed by atoms with Crippen LogP contribution in [0.5, 0.6) is 0 Å².